The summed E-state index contributed by atoms with van der Waals surface area (Å²) in [5, 5.41) is 9.51. The van der Waals surface area contributed by atoms with E-state index in [0.29, 0.717) is 0 Å². The van der Waals surface area contributed by atoms with E-state index >= 15 is 0 Å². The number of anilines is 6. The first-order valence-corrected chi connectivity index (χ1v) is 16.5. The molecule has 0 unspecified atom stereocenters. The van der Waals surface area contributed by atoms with E-state index in [-0.39, 0.29) is 0 Å². The molecule has 48 heavy (non-hydrogen) atoms. The second-order valence-corrected chi connectivity index (χ2v) is 12.0. The monoisotopic (exact) mass is 683 g/mol. The van der Waals surface area contributed by atoms with E-state index in [1.807, 2.05) is 24.3 Å². The zero-order valence-corrected chi connectivity index (χ0v) is 27.5. The summed E-state index contributed by atoms with van der Waals surface area (Å²) in [6.45, 7) is 0. The Hall–Kier alpha value is -5.98. The van der Waals surface area contributed by atoms with Crippen LogP contribution >= 0.6 is 16.1 Å². The lowest BCUT2D eigenvalue weighted by molar-refractivity contribution is 0.902. The van der Waals surface area contributed by atoms with Gasteiger partial charge in [0.2, 0.25) is 0 Å². The van der Waals surface area contributed by atoms with Crippen molar-refractivity contribution >= 4 is 61.3 Å². The molecule has 0 saturated heterocycles. The van der Waals surface area contributed by atoms with E-state index in [2.05, 4.69) is 184 Å². The van der Waals surface area contributed by atoms with Gasteiger partial charge in [0.1, 0.15) is 11.0 Å². The van der Waals surface area contributed by atoms with Crippen molar-refractivity contribution in [3.05, 3.63) is 182 Å². The number of fused-ring (bicyclic) bond motifs is 1. The van der Waals surface area contributed by atoms with Crippen LogP contribution in [0.4, 0.5) is 34.1 Å². The highest BCUT2D eigenvalue weighted by atomic mass is 79.9. The summed E-state index contributed by atoms with van der Waals surface area (Å²) in [6, 6.07) is 63.3. The van der Waals surface area contributed by atoms with Crippen molar-refractivity contribution in [1.29, 1.82) is 0 Å². The van der Waals surface area contributed by atoms with Gasteiger partial charge >= 0.3 is 0 Å². The second kappa shape index (κ2) is 13.0. The van der Waals surface area contributed by atoms with Gasteiger partial charge in [-0.05, 0) is 83.9 Å². The highest BCUT2D eigenvalue weighted by molar-refractivity contribution is 9.08. The van der Waals surface area contributed by atoms with E-state index in [1.54, 1.807) is 0 Å². The van der Waals surface area contributed by atoms with Gasteiger partial charge in [0.15, 0.2) is 0 Å². The van der Waals surface area contributed by atoms with Gasteiger partial charge < -0.3 is 9.80 Å². The maximum Gasteiger partial charge on any atom is 0.122 e. The van der Waals surface area contributed by atoms with Gasteiger partial charge in [0.05, 0.1) is 16.1 Å². The van der Waals surface area contributed by atoms with Gasteiger partial charge in [-0.3, -0.25) is 0 Å². The molecule has 1 aromatic heterocycles. The number of aromatic nitrogens is 3. The lowest BCUT2D eigenvalue weighted by Crippen LogP contribution is -2.09. The molecule has 0 N–H and O–H groups in total. The molecular weight excluding hydrogens is 654 g/mol. The van der Waals surface area contributed by atoms with Crippen LogP contribution < -0.4 is 9.80 Å². The summed E-state index contributed by atoms with van der Waals surface area (Å²) in [5.74, 6) is 0. The minimum atomic E-state index is 0.833. The van der Waals surface area contributed by atoms with E-state index in [4.69, 9.17) is 10.2 Å². The Balaban J connectivity index is 1.14. The van der Waals surface area contributed by atoms with E-state index in [0.717, 1.165) is 67.4 Å². The molecule has 6 heteroatoms. The van der Waals surface area contributed by atoms with E-state index < -0.39 is 0 Å². The fourth-order valence-electron chi connectivity index (χ4n) is 6.22. The number of benzene rings is 7. The van der Waals surface area contributed by atoms with Crippen molar-refractivity contribution < 1.29 is 0 Å². The molecule has 0 aliphatic rings. The van der Waals surface area contributed by atoms with Gasteiger partial charge in [-0.25, -0.2) is 0 Å². The van der Waals surface area contributed by atoms with Gasteiger partial charge in [-0.2, -0.15) is 0 Å². The zero-order valence-electron chi connectivity index (χ0n) is 25.9. The lowest BCUT2D eigenvalue weighted by atomic mass is 9.97. The molecule has 0 radical (unpaired) electrons. The third-order valence-electron chi connectivity index (χ3n) is 8.45. The van der Waals surface area contributed by atoms with Crippen LogP contribution in [0.5, 0.6) is 0 Å². The summed E-state index contributed by atoms with van der Waals surface area (Å²) in [7, 11) is 0. The molecule has 8 rings (SSSR count). The van der Waals surface area contributed by atoms with Crippen LogP contribution in [0.2, 0.25) is 0 Å². The lowest BCUT2D eigenvalue weighted by Gasteiger charge is -2.25. The fourth-order valence-corrected chi connectivity index (χ4v) is 6.54. The molecule has 8 aromatic rings. The third kappa shape index (κ3) is 5.74. The molecule has 0 atom stereocenters. The molecule has 0 amide bonds. The topological polar surface area (TPSA) is 37.2 Å². The predicted octanol–water partition coefficient (Wildman–Crippen LogP) is 11.9. The first-order chi connectivity index (χ1) is 23.7. The third-order valence-corrected chi connectivity index (χ3v) is 8.76. The van der Waals surface area contributed by atoms with Gasteiger partial charge in [0.25, 0.3) is 0 Å². The van der Waals surface area contributed by atoms with Gasteiger partial charge in [0, 0.05) is 45.3 Å². The Morgan fingerprint density at radius 3 is 0.896 bits per heavy atom. The van der Waals surface area contributed by atoms with Crippen molar-refractivity contribution in [3.8, 4) is 22.3 Å². The zero-order chi connectivity index (χ0) is 32.3. The highest BCUT2D eigenvalue weighted by Gasteiger charge is 2.18. The maximum atomic E-state index is 4.76. The normalized spacial score (nSPS) is 11.0. The number of halogens is 1. The molecule has 0 bridgehead atoms. The molecule has 0 fully saturated rings. The van der Waals surface area contributed by atoms with Crippen LogP contribution in [0.25, 0.3) is 33.3 Å². The molecule has 0 spiro atoms. The Morgan fingerprint density at radius 1 is 0.333 bits per heavy atom. The summed E-state index contributed by atoms with van der Waals surface area (Å²) in [5.41, 5.74) is 12.4. The Labute approximate surface area is 288 Å². The summed E-state index contributed by atoms with van der Waals surface area (Å²) < 4.78 is 1.48. The average Bonchev–Trinajstić information content (AvgIpc) is 3.55. The van der Waals surface area contributed by atoms with Crippen LogP contribution in [-0.4, -0.2) is 14.0 Å². The van der Waals surface area contributed by atoms with E-state index in [1.165, 1.54) is 3.82 Å². The van der Waals surface area contributed by atoms with Crippen molar-refractivity contribution in [2.24, 2.45) is 0 Å². The Bertz CT molecular complexity index is 2030. The number of hydrogen-bond acceptors (Lipinski definition) is 4. The predicted molar refractivity (Wildman–Crippen MR) is 202 cm³/mol. The summed E-state index contributed by atoms with van der Waals surface area (Å²) in [4.78, 5) is 4.52. The van der Waals surface area contributed by atoms with Gasteiger partial charge in [-0.15, -0.1) is 14.0 Å². The standard InChI is InChI=1S/C42H30BrN5/c43-48-44-41-39(31-21-25-37(26-22-31)46(33-13-5-1-6-14-33)34-15-7-2-8-16-34)29-30-40(42(41)45-48)32-23-27-38(28-24-32)47(35-17-9-3-10-18-35)36-19-11-4-12-20-36/h1-30H. The van der Waals surface area contributed by atoms with Crippen LogP contribution in [0.3, 0.4) is 0 Å². The van der Waals surface area contributed by atoms with Crippen molar-refractivity contribution in [2.45, 2.75) is 0 Å². The molecule has 230 valence electrons. The maximum absolute atomic E-state index is 4.76. The number of rotatable bonds is 8. The van der Waals surface area contributed by atoms with Crippen molar-refractivity contribution in [3.63, 3.8) is 0 Å². The van der Waals surface area contributed by atoms with E-state index in [9.17, 15) is 0 Å². The molecule has 0 aliphatic carbocycles. The summed E-state index contributed by atoms with van der Waals surface area (Å²) in [6.07, 6.45) is 0. The van der Waals surface area contributed by atoms with Crippen molar-refractivity contribution in [1.82, 2.24) is 14.0 Å². The van der Waals surface area contributed by atoms with Crippen LogP contribution in [-0.2, 0) is 0 Å². The first kappa shape index (κ1) is 29.4. The highest BCUT2D eigenvalue weighted by Crippen LogP contribution is 2.39. The largest absolute Gasteiger partial charge is 0.311 e. The molecule has 5 nitrogen and oxygen atoms in total. The molecular formula is C42H30BrN5. The fraction of sp³-hybridized carbons (Fsp3) is 0. The molecule has 1 heterocycles. The number of hydrogen-bond donors (Lipinski definition) is 0. The SMILES string of the molecule is Brn1nc2c(-c3ccc(N(c4ccccc4)c4ccccc4)cc3)ccc(-c3ccc(N(c4ccccc4)c4ccccc4)cc3)c2n1. The number of para-hydroxylation sites is 4. The second-order valence-electron chi connectivity index (χ2n) is 11.4. The minimum absolute atomic E-state index is 0.833. The molecule has 7 aromatic carbocycles. The minimum Gasteiger partial charge on any atom is -0.311 e. The smallest absolute Gasteiger partial charge is 0.122 e. The first-order valence-electron chi connectivity index (χ1n) is 15.8. The number of nitrogens with zero attached hydrogens (tertiary/aromatic N) is 5. The quantitative estimate of drug-likeness (QED) is 0.160. The van der Waals surface area contributed by atoms with Gasteiger partial charge in [-0.1, -0.05) is 109 Å². The van der Waals surface area contributed by atoms with Crippen molar-refractivity contribution in [2.75, 3.05) is 9.80 Å². The molecule has 0 aliphatic heterocycles. The Kier molecular flexibility index (Phi) is 7.98. The molecule has 0 saturated carbocycles. The van der Waals surface area contributed by atoms with Crippen LogP contribution in [0, 0.1) is 0 Å². The average molecular weight is 685 g/mol. The summed E-state index contributed by atoms with van der Waals surface area (Å²) >= 11 is 3.48. The van der Waals surface area contributed by atoms with Crippen LogP contribution in [0.15, 0.2) is 182 Å². The van der Waals surface area contributed by atoms with Crippen LogP contribution in [0.1, 0.15) is 0 Å². The Morgan fingerprint density at radius 2 is 0.604 bits per heavy atom.